The molecule has 4 aromatic carbocycles. The van der Waals surface area contributed by atoms with Crippen LogP contribution in [0.5, 0.6) is 0 Å². The molecule has 6 rings (SSSR count). The van der Waals surface area contributed by atoms with Crippen molar-refractivity contribution in [3.63, 3.8) is 0 Å². The van der Waals surface area contributed by atoms with Gasteiger partial charge >= 0.3 is 0 Å². The highest BCUT2D eigenvalue weighted by molar-refractivity contribution is 5.99. The molecule has 0 bridgehead atoms. The summed E-state index contributed by atoms with van der Waals surface area (Å²) in [4.78, 5) is 0. The van der Waals surface area contributed by atoms with Crippen LogP contribution in [-0.2, 0) is 12.8 Å². The summed E-state index contributed by atoms with van der Waals surface area (Å²) in [6, 6.07) is 24.2. The van der Waals surface area contributed by atoms with E-state index in [4.69, 9.17) is 0 Å². The molecule has 0 aliphatic heterocycles. The maximum Gasteiger partial charge on any atom is -0.00710 e. The molecular formula is C29H26. The number of allylic oxidation sites excluding steroid dienone is 4. The minimum Gasteiger partial charge on any atom is -0.0766 e. The minimum absolute atomic E-state index is 1.08. The molecule has 0 radical (unpaired) electrons. The Morgan fingerprint density at radius 3 is 1.86 bits per heavy atom. The molecule has 0 fully saturated rings. The van der Waals surface area contributed by atoms with E-state index in [1.54, 1.807) is 0 Å². The van der Waals surface area contributed by atoms with Crippen LogP contribution in [0.15, 0.2) is 78.9 Å². The third-order valence-electron chi connectivity index (χ3n) is 6.41. The Balaban J connectivity index is 0.000000125. The van der Waals surface area contributed by atoms with Gasteiger partial charge in [-0.2, -0.15) is 0 Å². The van der Waals surface area contributed by atoms with Gasteiger partial charge in [-0.1, -0.05) is 78.9 Å². The number of hydrogen-bond donors (Lipinski definition) is 0. The smallest absolute Gasteiger partial charge is 0.00710 e. The van der Waals surface area contributed by atoms with E-state index >= 15 is 0 Å². The van der Waals surface area contributed by atoms with Crippen molar-refractivity contribution in [2.24, 2.45) is 0 Å². The second-order valence-electron chi connectivity index (χ2n) is 8.28. The van der Waals surface area contributed by atoms with Gasteiger partial charge in [0.15, 0.2) is 0 Å². The second-order valence-corrected chi connectivity index (χ2v) is 8.28. The van der Waals surface area contributed by atoms with Gasteiger partial charge in [0, 0.05) is 0 Å². The van der Waals surface area contributed by atoms with E-state index in [2.05, 4.69) is 99.7 Å². The fourth-order valence-electron chi connectivity index (χ4n) is 4.89. The Morgan fingerprint density at radius 2 is 1.14 bits per heavy atom. The van der Waals surface area contributed by atoms with Crippen molar-refractivity contribution in [1.82, 2.24) is 0 Å². The monoisotopic (exact) mass is 374 g/mol. The average molecular weight is 375 g/mol. The van der Waals surface area contributed by atoms with E-state index in [1.165, 1.54) is 60.5 Å². The third kappa shape index (κ3) is 3.00. The van der Waals surface area contributed by atoms with Crippen LogP contribution in [0.2, 0.25) is 0 Å². The molecule has 0 atom stereocenters. The summed E-state index contributed by atoms with van der Waals surface area (Å²) in [5.74, 6) is 0. The molecule has 0 saturated carbocycles. The minimum atomic E-state index is 1.08. The molecule has 0 heteroatoms. The SMILES string of the molecule is CC1=CCc2cccc3ccc(C)c1c23.CC1=CCc2cccc3cccc1c23. The first-order valence-corrected chi connectivity index (χ1v) is 10.5. The van der Waals surface area contributed by atoms with E-state index < -0.39 is 0 Å². The highest BCUT2D eigenvalue weighted by Crippen LogP contribution is 2.35. The van der Waals surface area contributed by atoms with Crippen LogP contribution in [0.3, 0.4) is 0 Å². The molecule has 142 valence electrons. The zero-order valence-corrected chi connectivity index (χ0v) is 17.4. The van der Waals surface area contributed by atoms with Crippen molar-refractivity contribution in [2.45, 2.75) is 33.6 Å². The largest absolute Gasteiger partial charge is 0.0766 e. The summed E-state index contributed by atoms with van der Waals surface area (Å²) in [6.07, 6.45) is 6.82. The van der Waals surface area contributed by atoms with E-state index in [0.29, 0.717) is 0 Å². The lowest BCUT2D eigenvalue weighted by atomic mass is 9.86. The molecule has 0 saturated heterocycles. The standard InChI is InChI=1S/C15H14.C14H12/c1-10-6-8-12-4-3-5-13-9-7-11(2)14(10)15(12)13;1-10-8-9-12-5-2-4-11-6-3-7-13(10)14(11)12/h3-8H,9H2,1-2H3;2-8H,9H2,1H3. The van der Waals surface area contributed by atoms with E-state index in [1.807, 2.05) is 0 Å². The second kappa shape index (κ2) is 7.04. The van der Waals surface area contributed by atoms with E-state index in [0.717, 1.165) is 12.8 Å². The lowest BCUT2D eigenvalue weighted by Gasteiger charge is -2.18. The van der Waals surface area contributed by atoms with Gasteiger partial charge in [-0.15, -0.1) is 0 Å². The van der Waals surface area contributed by atoms with Crippen molar-refractivity contribution in [2.75, 3.05) is 0 Å². The van der Waals surface area contributed by atoms with E-state index in [9.17, 15) is 0 Å². The summed E-state index contributed by atoms with van der Waals surface area (Å²) in [7, 11) is 0. The van der Waals surface area contributed by atoms with Gasteiger partial charge in [0.25, 0.3) is 0 Å². The third-order valence-corrected chi connectivity index (χ3v) is 6.41. The summed E-state index contributed by atoms with van der Waals surface area (Å²) < 4.78 is 0. The Morgan fingerprint density at radius 1 is 0.552 bits per heavy atom. The van der Waals surface area contributed by atoms with Crippen LogP contribution < -0.4 is 0 Å². The van der Waals surface area contributed by atoms with E-state index in [-0.39, 0.29) is 0 Å². The summed E-state index contributed by atoms with van der Waals surface area (Å²) in [6.45, 7) is 6.62. The molecule has 4 aromatic rings. The molecule has 0 spiro atoms. The maximum atomic E-state index is 2.34. The van der Waals surface area contributed by atoms with Gasteiger partial charge in [0.2, 0.25) is 0 Å². The summed E-state index contributed by atoms with van der Waals surface area (Å²) in [5, 5.41) is 5.67. The van der Waals surface area contributed by atoms with Crippen LogP contribution in [0.1, 0.15) is 41.7 Å². The van der Waals surface area contributed by atoms with Crippen molar-refractivity contribution < 1.29 is 0 Å². The van der Waals surface area contributed by atoms with Crippen molar-refractivity contribution in [1.29, 1.82) is 0 Å². The quantitative estimate of drug-likeness (QED) is 0.293. The molecule has 29 heavy (non-hydrogen) atoms. The fourth-order valence-corrected chi connectivity index (χ4v) is 4.89. The van der Waals surface area contributed by atoms with Crippen LogP contribution in [-0.4, -0.2) is 0 Å². The van der Waals surface area contributed by atoms with Gasteiger partial charge in [-0.05, 0) is 94.1 Å². The first-order chi connectivity index (χ1) is 14.1. The molecule has 0 amide bonds. The van der Waals surface area contributed by atoms with Crippen molar-refractivity contribution in [3.05, 3.63) is 107 Å². The molecule has 0 unspecified atom stereocenters. The van der Waals surface area contributed by atoms with Gasteiger partial charge in [0.05, 0.1) is 0 Å². The van der Waals surface area contributed by atoms with Crippen LogP contribution in [0.4, 0.5) is 0 Å². The topological polar surface area (TPSA) is 0 Å². The van der Waals surface area contributed by atoms with Crippen LogP contribution in [0.25, 0.3) is 32.7 Å². The maximum absolute atomic E-state index is 2.34. The Bertz CT molecular complexity index is 1310. The van der Waals surface area contributed by atoms with Gasteiger partial charge in [0.1, 0.15) is 0 Å². The number of benzene rings is 4. The lowest BCUT2D eigenvalue weighted by molar-refractivity contribution is 1.26. The highest BCUT2D eigenvalue weighted by atomic mass is 14.2. The zero-order chi connectivity index (χ0) is 20.0. The number of hydrogen-bond acceptors (Lipinski definition) is 0. The van der Waals surface area contributed by atoms with Gasteiger partial charge in [-0.3, -0.25) is 0 Å². The van der Waals surface area contributed by atoms with Crippen LogP contribution in [0, 0.1) is 6.92 Å². The number of aryl methyl sites for hydroxylation is 1. The Hall–Kier alpha value is -3.12. The molecular weight excluding hydrogens is 348 g/mol. The molecule has 0 heterocycles. The predicted molar refractivity (Wildman–Crippen MR) is 127 cm³/mol. The first kappa shape index (κ1) is 17.9. The van der Waals surface area contributed by atoms with Gasteiger partial charge in [-0.25, -0.2) is 0 Å². The lowest BCUT2D eigenvalue weighted by Crippen LogP contribution is -1.98. The van der Waals surface area contributed by atoms with Gasteiger partial charge < -0.3 is 0 Å². The Kier molecular flexibility index (Phi) is 4.36. The normalized spacial score (nSPS) is 14.2. The average Bonchev–Trinajstić information content (AvgIpc) is 2.75. The summed E-state index contributed by atoms with van der Waals surface area (Å²) >= 11 is 0. The first-order valence-electron chi connectivity index (χ1n) is 10.5. The Labute approximate surface area is 173 Å². The number of rotatable bonds is 0. The molecule has 0 N–H and O–H groups in total. The molecule has 2 aliphatic rings. The predicted octanol–water partition coefficient (Wildman–Crippen LogP) is 7.91. The molecule has 2 aliphatic carbocycles. The molecule has 0 aromatic heterocycles. The molecule has 0 nitrogen and oxygen atoms in total. The van der Waals surface area contributed by atoms with Crippen LogP contribution >= 0.6 is 0 Å². The fraction of sp³-hybridized carbons (Fsp3) is 0.172. The van der Waals surface area contributed by atoms with Crippen molar-refractivity contribution in [3.8, 4) is 0 Å². The van der Waals surface area contributed by atoms with Crippen molar-refractivity contribution >= 4 is 32.7 Å². The highest BCUT2D eigenvalue weighted by Gasteiger charge is 2.13. The summed E-state index contributed by atoms with van der Waals surface area (Å²) in [5.41, 5.74) is 10.0. The zero-order valence-electron chi connectivity index (χ0n) is 17.4.